The molecule has 6 heteroatoms. The van der Waals surface area contributed by atoms with E-state index in [1.165, 1.54) is 5.56 Å². The summed E-state index contributed by atoms with van der Waals surface area (Å²) >= 11 is 1.65. The number of aromatic hydroxyl groups is 1. The largest absolute Gasteiger partial charge is 0.508 e. The van der Waals surface area contributed by atoms with Crippen LogP contribution in [0.25, 0.3) is 10.3 Å². The van der Waals surface area contributed by atoms with Crippen molar-refractivity contribution in [3.05, 3.63) is 47.7 Å². The van der Waals surface area contributed by atoms with Crippen molar-refractivity contribution in [2.75, 3.05) is 24.5 Å². The Bertz CT molecular complexity index is 830. The summed E-state index contributed by atoms with van der Waals surface area (Å²) < 4.78 is 0. The molecule has 1 aliphatic rings. The predicted octanol–water partition coefficient (Wildman–Crippen LogP) is 2.86. The van der Waals surface area contributed by atoms with Crippen molar-refractivity contribution in [1.82, 2.24) is 15.3 Å². The number of thiazole rings is 1. The summed E-state index contributed by atoms with van der Waals surface area (Å²) in [5, 5.41) is 14.0. The van der Waals surface area contributed by atoms with E-state index in [0.29, 0.717) is 5.75 Å². The smallest absolute Gasteiger partial charge is 0.188 e. The molecule has 5 nitrogen and oxygen atoms in total. The number of rotatable bonds is 2. The first-order valence-electron chi connectivity index (χ1n) is 7.70. The third-order valence-corrected chi connectivity index (χ3v) is 5.15. The number of anilines is 1. The number of piperazine rings is 1. The minimum absolute atomic E-state index is 0.242. The number of benzene rings is 1. The zero-order chi connectivity index (χ0) is 15.8. The molecule has 23 heavy (non-hydrogen) atoms. The van der Waals surface area contributed by atoms with E-state index in [-0.39, 0.29) is 6.04 Å². The van der Waals surface area contributed by atoms with Gasteiger partial charge in [0.1, 0.15) is 16.1 Å². The molecule has 1 atom stereocenters. The number of pyridine rings is 1. The van der Waals surface area contributed by atoms with Crippen LogP contribution in [0, 0.1) is 6.92 Å². The Kier molecular flexibility index (Phi) is 3.63. The van der Waals surface area contributed by atoms with E-state index in [1.54, 1.807) is 23.5 Å². The Morgan fingerprint density at radius 1 is 1.17 bits per heavy atom. The van der Waals surface area contributed by atoms with Crippen molar-refractivity contribution in [3.63, 3.8) is 0 Å². The summed E-state index contributed by atoms with van der Waals surface area (Å²) in [5.74, 6) is 0.300. The molecule has 3 heterocycles. The van der Waals surface area contributed by atoms with E-state index >= 15 is 0 Å². The highest BCUT2D eigenvalue weighted by Gasteiger charge is 2.23. The molecular weight excluding hydrogens is 308 g/mol. The lowest BCUT2D eigenvalue weighted by Crippen LogP contribution is -2.45. The average Bonchev–Trinajstić information content (AvgIpc) is 2.99. The maximum absolute atomic E-state index is 9.44. The molecule has 2 N–H and O–H groups in total. The molecule has 0 saturated carbocycles. The van der Waals surface area contributed by atoms with Crippen LogP contribution in [0.2, 0.25) is 0 Å². The van der Waals surface area contributed by atoms with Crippen LogP contribution in [0.15, 0.2) is 36.4 Å². The molecule has 0 radical (unpaired) electrons. The lowest BCUT2D eigenvalue weighted by atomic mass is 10.0. The molecule has 1 aromatic carbocycles. The molecule has 0 aliphatic carbocycles. The molecule has 1 unspecified atom stereocenters. The Morgan fingerprint density at radius 2 is 2.00 bits per heavy atom. The van der Waals surface area contributed by atoms with E-state index in [1.807, 2.05) is 31.2 Å². The van der Waals surface area contributed by atoms with Crippen molar-refractivity contribution < 1.29 is 5.11 Å². The van der Waals surface area contributed by atoms with E-state index in [0.717, 1.165) is 40.8 Å². The Hall–Kier alpha value is -2.18. The fourth-order valence-corrected chi connectivity index (χ4v) is 3.91. The minimum atomic E-state index is 0.242. The number of hydrogen-bond acceptors (Lipinski definition) is 6. The summed E-state index contributed by atoms with van der Waals surface area (Å²) in [4.78, 5) is 12.6. The summed E-state index contributed by atoms with van der Waals surface area (Å²) in [5.41, 5.74) is 3.17. The van der Waals surface area contributed by atoms with Gasteiger partial charge in [-0.1, -0.05) is 23.5 Å². The van der Waals surface area contributed by atoms with Crippen LogP contribution in [0.5, 0.6) is 5.75 Å². The van der Waals surface area contributed by atoms with Crippen LogP contribution in [-0.4, -0.2) is 34.7 Å². The molecule has 2 aromatic heterocycles. The average molecular weight is 326 g/mol. The van der Waals surface area contributed by atoms with Crippen LogP contribution in [0.4, 0.5) is 5.13 Å². The molecule has 0 bridgehead atoms. The number of fused-ring (bicyclic) bond motifs is 1. The molecule has 118 valence electrons. The van der Waals surface area contributed by atoms with Gasteiger partial charge in [-0.25, -0.2) is 9.97 Å². The van der Waals surface area contributed by atoms with Crippen molar-refractivity contribution in [1.29, 1.82) is 0 Å². The third kappa shape index (κ3) is 2.87. The molecule has 0 spiro atoms. The summed E-state index contributed by atoms with van der Waals surface area (Å²) in [6, 6.07) is 11.7. The Labute approximate surface area is 138 Å². The van der Waals surface area contributed by atoms with Crippen LogP contribution in [0.3, 0.4) is 0 Å². The van der Waals surface area contributed by atoms with Crippen LogP contribution < -0.4 is 10.2 Å². The zero-order valence-corrected chi connectivity index (χ0v) is 13.7. The SMILES string of the molecule is Cc1ccc2nc(N3CCNC(c4ccc(O)cc4)C3)sc2n1. The first kappa shape index (κ1) is 14.4. The highest BCUT2D eigenvalue weighted by Crippen LogP contribution is 2.30. The Balaban J connectivity index is 1.59. The van der Waals surface area contributed by atoms with Crippen molar-refractivity contribution in [3.8, 4) is 5.75 Å². The number of nitrogens with zero attached hydrogens (tertiary/aromatic N) is 3. The summed E-state index contributed by atoms with van der Waals surface area (Å²) in [6.45, 7) is 4.72. The van der Waals surface area contributed by atoms with E-state index in [4.69, 9.17) is 4.98 Å². The lowest BCUT2D eigenvalue weighted by molar-refractivity contribution is 0.464. The Morgan fingerprint density at radius 3 is 2.83 bits per heavy atom. The second kappa shape index (κ2) is 5.79. The van der Waals surface area contributed by atoms with Crippen LogP contribution in [0.1, 0.15) is 17.3 Å². The molecule has 4 rings (SSSR count). The zero-order valence-electron chi connectivity index (χ0n) is 12.9. The van der Waals surface area contributed by atoms with Gasteiger partial charge in [0.25, 0.3) is 0 Å². The maximum atomic E-state index is 9.44. The molecule has 1 fully saturated rings. The van der Waals surface area contributed by atoms with Crippen molar-refractivity contribution in [2.45, 2.75) is 13.0 Å². The van der Waals surface area contributed by atoms with Gasteiger partial charge in [0.05, 0.1) is 0 Å². The van der Waals surface area contributed by atoms with Crippen LogP contribution >= 0.6 is 11.3 Å². The summed E-state index contributed by atoms with van der Waals surface area (Å²) in [7, 11) is 0. The number of hydrogen-bond donors (Lipinski definition) is 2. The van der Waals surface area contributed by atoms with E-state index in [9.17, 15) is 5.11 Å². The predicted molar refractivity (Wildman–Crippen MR) is 93.2 cm³/mol. The molecule has 1 saturated heterocycles. The van der Waals surface area contributed by atoms with Gasteiger partial charge >= 0.3 is 0 Å². The number of phenols is 1. The maximum Gasteiger partial charge on any atom is 0.188 e. The monoisotopic (exact) mass is 326 g/mol. The fraction of sp³-hybridized carbons (Fsp3) is 0.294. The second-order valence-electron chi connectivity index (χ2n) is 5.82. The van der Waals surface area contributed by atoms with Gasteiger partial charge in [-0.2, -0.15) is 0 Å². The fourth-order valence-electron chi connectivity index (χ4n) is 2.89. The van der Waals surface area contributed by atoms with Gasteiger partial charge < -0.3 is 15.3 Å². The second-order valence-corrected chi connectivity index (χ2v) is 6.77. The van der Waals surface area contributed by atoms with Crippen LogP contribution in [-0.2, 0) is 0 Å². The first-order chi connectivity index (χ1) is 11.2. The highest BCUT2D eigenvalue weighted by atomic mass is 32.1. The molecule has 0 amide bonds. The highest BCUT2D eigenvalue weighted by molar-refractivity contribution is 7.21. The van der Waals surface area contributed by atoms with E-state index < -0.39 is 0 Å². The minimum Gasteiger partial charge on any atom is -0.508 e. The van der Waals surface area contributed by atoms with Crippen molar-refractivity contribution in [2.24, 2.45) is 0 Å². The number of nitrogens with one attached hydrogen (secondary N) is 1. The number of aromatic nitrogens is 2. The summed E-state index contributed by atoms with van der Waals surface area (Å²) in [6.07, 6.45) is 0. The molecule has 3 aromatic rings. The van der Waals surface area contributed by atoms with Gasteiger partial charge in [0.15, 0.2) is 5.13 Å². The van der Waals surface area contributed by atoms with Gasteiger partial charge in [-0.15, -0.1) is 0 Å². The van der Waals surface area contributed by atoms with Gasteiger partial charge in [0.2, 0.25) is 0 Å². The normalized spacial score (nSPS) is 18.5. The van der Waals surface area contributed by atoms with E-state index in [2.05, 4.69) is 15.2 Å². The molecule has 1 aliphatic heterocycles. The van der Waals surface area contributed by atoms with Gasteiger partial charge in [0, 0.05) is 31.4 Å². The van der Waals surface area contributed by atoms with Gasteiger partial charge in [-0.05, 0) is 36.8 Å². The van der Waals surface area contributed by atoms with Gasteiger partial charge in [-0.3, -0.25) is 0 Å². The number of aryl methyl sites for hydroxylation is 1. The lowest BCUT2D eigenvalue weighted by Gasteiger charge is -2.33. The number of phenolic OH excluding ortho intramolecular Hbond substituents is 1. The molecular formula is C17H18N4OS. The topological polar surface area (TPSA) is 61.3 Å². The quantitative estimate of drug-likeness (QED) is 0.758. The van der Waals surface area contributed by atoms with Crippen molar-refractivity contribution >= 4 is 26.8 Å². The first-order valence-corrected chi connectivity index (χ1v) is 8.52. The third-order valence-electron chi connectivity index (χ3n) is 4.12. The standard InChI is InChI=1S/C17H18N4OS/c1-11-2-7-14-16(19-11)23-17(20-14)21-9-8-18-15(10-21)12-3-5-13(22)6-4-12/h2-7,15,18,22H,8-10H2,1H3.